The molecule has 0 bridgehead atoms. The number of nitrogens with zero attached hydrogens (tertiary/aromatic N) is 1. The molecule has 1 aromatic rings. The molecule has 1 aromatic carbocycles. The number of amides is 2. The molecule has 1 aliphatic rings. The minimum Gasteiger partial charge on any atom is -0.548 e. The van der Waals surface area contributed by atoms with Gasteiger partial charge >= 0.3 is 0 Å². The van der Waals surface area contributed by atoms with Crippen molar-refractivity contribution in [1.29, 1.82) is 0 Å². The molecular formula is C16H16FN2O4-. The molecule has 1 atom stereocenters. The number of rotatable bonds is 4. The van der Waals surface area contributed by atoms with Crippen molar-refractivity contribution in [3.05, 3.63) is 41.3 Å². The number of carbonyl (C=O) groups excluding carboxylic acids is 3. The van der Waals surface area contributed by atoms with Crippen LogP contribution in [0.3, 0.4) is 0 Å². The van der Waals surface area contributed by atoms with Crippen LogP contribution >= 0.6 is 0 Å². The van der Waals surface area contributed by atoms with Gasteiger partial charge in [-0.25, -0.2) is 4.39 Å². The van der Waals surface area contributed by atoms with Crippen LogP contribution in [0.5, 0.6) is 0 Å². The van der Waals surface area contributed by atoms with Gasteiger partial charge < -0.3 is 20.1 Å². The maximum atomic E-state index is 12.9. The first-order valence-corrected chi connectivity index (χ1v) is 7.15. The number of benzene rings is 1. The Bertz CT molecular complexity index is 655. The zero-order valence-corrected chi connectivity index (χ0v) is 12.5. The SMILES string of the molecule is CC(=O)NC(=Cc1ccc(F)cc1)C(=O)N1CCC[C@H]1C(=O)[O-]. The van der Waals surface area contributed by atoms with E-state index in [0.29, 0.717) is 18.4 Å². The van der Waals surface area contributed by atoms with Crippen LogP contribution in [0.25, 0.3) is 6.08 Å². The third-order valence-electron chi connectivity index (χ3n) is 3.51. The lowest BCUT2D eigenvalue weighted by Gasteiger charge is -2.26. The second-order valence-corrected chi connectivity index (χ2v) is 5.27. The molecule has 2 rings (SSSR count). The van der Waals surface area contributed by atoms with E-state index in [-0.39, 0.29) is 12.2 Å². The van der Waals surface area contributed by atoms with E-state index in [2.05, 4.69) is 5.32 Å². The van der Waals surface area contributed by atoms with Gasteiger partial charge in [-0.1, -0.05) is 12.1 Å². The Morgan fingerprint density at radius 3 is 2.52 bits per heavy atom. The van der Waals surface area contributed by atoms with E-state index >= 15 is 0 Å². The van der Waals surface area contributed by atoms with E-state index < -0.39 is 29.6 Å². The van der Waals surface area contributed by atoms with Gasteiger partial charge in [-0.3, -0.25) is 9.59 Å². The molecule has 0 unspecified atom stereocenters. The molecule has 0 aromatic heterocycles. The summed E-state index contributed by atoms with van der Waals surface area (Å²) in [5.41, 5.74) is 0.449. The van der Waals surface area contributed by atoms with Crippen molar-refractivity contribution in [3.63, 3.8) is 0 Å². The third kappa shape index (κ3) is 4.15. The van der Waals surface area contributed by atoms with Crippen molar-refractivity contribution >= 4 is 23.9 Å². The van der Waals surface area contributed by atoms with Gasteiger partial charge in [0.1, 0.15) is 11.5 Å². The highest BCUT2D eigenvalue weighted by atomic mass is 19.1. The predicted molar refractivity (Wildman–Crippen MR) is 77.9 cm³/mol. The second-order valence-electron chi connectivity index (χ2n) is 5.27. The summed E-state index contributed by atoms with van der Waals surface area (Å²) in [4.78, 5) is 36.1. The van der Waals surface area contributed by atoms with Gasteiger partial charge in [-0.15, -0.1) is 0 Å². The largest absolute Gasteiger partial charge is 0.548 e. The summed E-state index contributed by atoms with van der Waals surface area (Å²) in [6, 6.07) is 4.34. The van der Waals surface area contributed by atoms with Crippen LogP contribution in [0.15, 0.2) is 30.0 Å². The van der Waals surface area contributed by atoms with Gasteiger partial charge in [0.05, 0.1) is 12.0 Å². The summed E-state index contributed by atoms with van der Waals surface area (Å²) in [7, 11) is 0. The van der Waals surface area contributed by atoms with Crippen LogP contribution in [0.1, 0.15) is 25.3 Å². The van der Waals surface area contributed by atoms with Crippen molar-refractivity contribution in [2.75, 3.05) is 6.54 Å². The van der Waals surface area contributed by atoms with Crippen LogP contribution in [0.4, 0.5) is 4.39 Å². The Morgan fingerprint density at radius 1 is 1.30 bits per heavy atom. The van der Waals surface area contributed by atoms with Crippen LogP contribution in [0, 0.1) is 5.82 Å². The smallest absolute Gasteiger partial charge is 0.270 e. The number of halogens is 1. The van der Waals surface area contributed by atoms with Gasteiger partial charge in [0.25, 0.3) is 5.91 Å². The van der Waals surface area contributed by atoms with Crippen molar-refractivity contribution in [2.45, 2.75) is 25.8 Å². The summed E-state index contributed by atoms with van der Waals surface area (Å²) < 4.78 is 12.9. The average Bonchev–Trinajstić information content (AvgIpc) is 2.97. The van der Waals surface area contributed by atoms with E-state index in [1.807, 2.05) is 0 Å². The quantitative estimate of drug-likeness (QED) is 0.794. The van der Waals surface area contributed by atoms with Crippen LogP contribution in [-0.4, -0.2) is 35.3 Å². The molecule has 0 spiro atoms. The zero-order chi connectivity index (χ0) is 17.0. The fourth-order valence-electron chi connectivity index (χ4n) is 2.48. The van der Waals surface area contributed by atoms with E-state index in [1.165, 1.54) is 42.2 Å². The highest BCUT2D eigenvalue weighted by Crippen LogP contribution is 2.19. The van der Waals surface area contributed by atoms with Crippen molar-refractivity contribution in [2.24, 2.45) is 0 Å². The first kappa shape index (κ1) is 16.7. The van der Waals surface area contributed by atoms with Gasteiger partial charge in [0.2, 0.25) is 5.91 Å². The fraction of sp³-hybridized carbons (Fsp3) is 0.312. The molecule has 1 heterocycles. The van der Waals surface area contributed by atoms with E-state index in [1.54, 1.807) is 0 Å². The lowest BCUT2D eigenvalue weighted by Crippen LogP contribution is -2.48. The monoisotopic (exact) mass is 319 g/mol. The molecule has 0 radical (unpaired) electrons. The van der Waals surface area contributed by atoms with Crippen LogP contribution in [-0.2, 0) is 14.4 Å². The van der Waals surface area contributed by atoms with E-state index in [4.69, 9.17) is 0 Å². The third-order valence-corrected chi connectivity index (χ3v) is 3.51. The Balaban J connectivity index is 2.30. The fourth-order valence-corrected chi connectivity index (χ4v) is 2.48. The normalized spacial score (nSPS) is 17.9. The molecule has 1 aliphatic heterocycles. The summed E-state index contributed by atoms with van der Waals surface area (Å²) in [5, 5.41) is 13.5. The lowest BCUT2D eigenvalue weighted by atomic mass is 10.1. The molecule has 6 nitrogen and oxygen atoms in total. The molecule has 0 saturated carbocycles. The highest BCUT2D eigenvalue weighted by molar-refractivity contribution is 6.02. The standard InChI is InChI=1S/C16H17FN2O4/c1-10(20)18-13(9-11-4-6-12(17)7-5-11)15(21)19-8-2-3-14(19)16(22)23/h4-7,9,14H,2-3,8H2,1H3,(H,18,20)(H,22,23)/p-1/t14-/m0/s1. The number of aliphatic carboxylic acids is 1. The maximum absolute atomic E-state index is 12.9. The van der Waals surface area contributed by atoms with Gasteiger partial charge in [-0.05, 0) is 36.6 Å². The highest BCUT2D eigenvalue weighted by Gasteiger charge is 2.31. The van der Waals surface area contributed by atoms with Crippen molar-refractivity contribution in [1.82, 2.24) is 10.2 Å². The van der Waals surface area contributed by atoms with Crippen LogP contribution < -0.4 is 10.4 Å². The number of likely N-dealkylation sites (tertiary alicyclic amines) is 1. The molecule has 23 heavy (non-hydrogen) atoms. The topological polar surface area (TPSA) is 89.5 Å². The summed E-state index contributed by atoms with van der Waals surface area (Å²) >= 11 is 0. The zero-order valence-electron chi connectivity index (χ0n) is 12.5. The van der Waals surface area contributed by atoms with Gasteiger partial charge in [0, 0.05) is 13.5 Å². The average molecular weight is 319 g/mol. The van der Waals surface area contributed by atoms with E-state index in [0.717, 1.165) is 0 Å². The first-order chi connectivity index (χ1) is 10.9. The number of carboxylic acids is 1. The molecule has 2 amide bonds. The number of carbonyl (C=O) groups is 3. The molecule has 1 saturated heterocycles. The molecule has 1 fully saturated rings. The molecule has 122 valence electrons. The Kier molecular flexibility index (Phi) is 5.10. The first-order valence-electron chi connectivity index (χ1n) is 7.15. The number of nitrogens with one attached hydrogen (secondary N) is 1. The number of carboxylic acid groups (broad SMARTS) is 1. The van der Waals surface area contributed by atoms with Crippen LogP contribution in [0.2, 0.25) is 0 Å². The van der Waals surface area contributed by atoms with Crippen molar-refractivity contribution < 1.29 is 23.9 Å². The van der Waals surface area contributed by atoms with E-state index in [9.17, 15) is 23.9 Å². The lowest BCUT2D eigenvalue weighted by molar-refractivity contribution is -0.310. The van der Waals surface area contributed by atoms with Gasteiger partial charge in [0.15, 0.2) is 0 Å². The summed E-state index contributed by atoms with van der Waals surface area (Å²) in [5.74, 6) is -2.81. The Morgan fingerprint density at radius 2 is 1.96 bits per heavy atom. The minimum absolute atomic E-state index is 0.0581. The Labute approximate surface area is 132 Å². The molecule has 1 N–H and O–H groups in total. The molecule has 0 aliphatic carbocycles. The number of hydrogen-bond donors (Lipinski definition) is 1. The Hall–Kier alpha value is -2.70. The van der Waals surface area contributed by atoms with Crippen molar-refractivity contribution in [3.8, 4) is 0 Å². The summed E-state index contributed by atoms with van der Waals surface area (Å²) in [6.45, 7) is 1.52. The molecule has 7 heteroatoms. The van der Waals surface area contributed by atoms with Gasteiger partial charge in [-0.2, -0.15) is 0 Å². The predicted octanol–water partition coefficient (Wildman–Crippen LogP) is 0.0436. The number of hydrogen-bond acceptors (Lipinski definition) is 4. The minimum atomic E-state index is -1.32. The summed E-state index contributed by atoms with van der Waals surface area (Å²) in [6.07, 6.45) is 2.25. The molecular weight excluding hydrogens is 303 g/mol. The second kappa shape index (κ2) is 7.04. The maximum Gasteiger partial charge on any atom is 0.270 e.